The topological polar surface area (TPSA) is 97.1 Å². The van der Waals surface area contributed by atoms with Crippen LogP contribution in [-0.4, -0.2) is 38.0 Å². The number of carboxylic acids is 1. The van der Waals surface area contributed by atoms with Gasteiger partial charge >= 0.3 is 5.97 Å². The number of nitrogens with zero attached hydrogens (tertiary/aromatic N) is 3. The fraction of sp³-hybridized carbons (Fsp3) is 0.385. The zero-order valence-electron chi connectivity index (χ0n) is 10.9. The average molecular weight is 274 g/mol. The third kappa shape index (κ3) is 2.11. The highest BCUT2D eigenvalue weighted by atomic mass is 16.4. The molecule has 1 saturated carbocycles. The van der Waals surface area contributed by atoms with Crippen molar-refractivity contribution < 1.29 is 14.7 Å². The van der Waals surface area contributed by atoms with Gasteiger partial charge in [-0.2, -0.15) is 0 Å². The number of carbonyl (C=O) groups excluding carboxylic acids is 1. The summed E-state index contributed by atoms with van der Waals surface area (Å²) in [4.78, 5) is 23.2. The van der Waals surface area contributed by atoms with E-state index in [1.165, 1.54) is 10.7 Å². The van der Waals surface area contributed by atoms with E-state index in [1.807, 2.05) is 0 Å². The Morgan fingerprint density at radius 2 is 2.20 bits per heavy atom. The maximum Gasteiger partial charge on any atom is 0.338 e. The molecule has 20 heavy (non-hydrogen) atoms. The molecule has 1 heterocycles. The van der Waals surface area contributed by atoms with Gasteiger partial charge in [0.05, 0.1) is 11.1 Å². The molecule has 1 fully saturated rings. The molecule has 0 aliphatic heterocycles. The lowest BCUT2D eigenvalue weighted by Crippen LogP contribution is -2.32. The number of aromatic nitrogens is 3. The van der Waals surface area contributed by atoms with Gasteiger partial charge in [-0.25, -0.2) is 9.48 Å². The van der Waals surface area contributed by atoms with Crippen molar-refractivity contribution in [3.8, 4) is 0 Å². The largest absolute Gasteiger partial charge is 0.478 e. The summed E-state index contributed by atoms with van der Waals surface area (Å²) in [6, 6.07) is 4.55. The zero-order chi connectivity index (χ0) is 14.3. The van der Waals surface area contributed by atoms with Crippen LogP contribution in [0, 0.1) is 0 Å². The van der Waals surface area contributed by atoms with Crippen LogP contribution in [0.2, 0.25) is 0 Å². The quantitative estimate of drug-likeness (QED) is 0.865. The molecule has 0 saturated heterocycles. The maximum atomic E-state index is 12.0. The Morgan fingerprint density at radius 3 is 2.85 bits per heavy atom. The van der Waals surface area contributed by atoms with Crippen molar-refractivity contribution in [3.05, 3.63) is 23.8 Å². The normalized spacial score (nSPS) is 16.1. The molecule has 1 aromatic carbocycles. The molecule has 1 amide bonds. The molecule has 104 valence electrons. The minimum Gasteiger partial charge on any atom is -0.478 e. The van der Waals surface area contributed by atoms with Gasteiger partial charge in [-0.3, -0.25) is 4.79 Å². The molecule has 0 spiro atoms. The first kappa shape index (κ1) is 12.6. The van der Waals surface area contributed by atoms with Gasteiger partial charge in [0.15, 0.2) is 0 Å². The first-order valence-electron chi connectivity index (χ1n) is 6.45. The first-order chi connectivity index (χ1) is 9.58. The Balaban J connectivity index is 1.97. The Morgan fingerprint density at radius 1 is 1.45 bits per heavy atom. The SMILES string of the molecule is CC(C(=O)NC1CC1)n1nnc2c(C(=O)O)cccc21. The van der Waals surface area contributed by atoms with Crippen molar-refractivity contribution in [2.45, 2.75) is 31.8 Å². The first-order valence-corrected chi connectivity index (χ1v) is 6.45. The molecular weight excluding hydrogens is 260 g/mol. The van der Waals surface area contributed by atoms with E-state index in [1.54, 1.807) is 19.1 Å². The fourth-order valence-corrected chi connectivity index (χ4v) is 2.08. The molecule has 2 aromatic rings. The van der Waals surface area contributed by atoms with E-state index in [-0.39, 0.29) is 17.5 Å². The van der Waals surface area contributed by atoms with Crippen molar-refractivity contribution in [3.63, 3.8) is 0 Å². The van der Waals surface area contributed by atoms with Gasteiger partial charge in [0.1, 0.15) is 11.6 Å². The number of nitrogens with one attached hydrogen (secondary N) is 1. The summed E-state index contributed by atoms with van der Waals surface area (Å²) < 4.78 is 1.46. The number of carbonyl (C=O) groups is 2. The van der Waals surface area contributed by atoms with Crippen LogP contribution in [0.25, 0.3) is 11.0 Å². The molecule has 1 aromatic heterocycles. The van der Waals surface area contributed by atoms with Crippen LogP contribution in [-0.2, 0) is 4.79 Å². The predicted octanol–water partition coefficient (Wildman–Crippen LogP) is 0.969. The highest BCUT2D eigenvalue weighted by molar-refractivity contribution is 6.01. The molecular formula is C13H14N4O3. The van der Waals surface area contributed by atoms with E-state index < -0.39 is 12.0 Å². The number of fused-ring (bicyclic) bond motifs is 1. The average Bonchev–Trinajstić information content (AvgIpc) is 3.13. The van der Waals surface area contributed by atoms with Crippen LogP contribution in [0.1, 0.15) is 36.2 Å². The fourth-order valence-electron chi connectivity index (χ4n) is 2.08. The van der Waals surface area contributed by atoms with Gasteiger partial charge in [-0.15, -0.1) is 5.10 Å². The molecule has 1 aliphatic rings. The Bertz CT molecular complexity index is 690. The maximum absolute atomic E-state index is 12.0. The van der Waals surface area contributed by atoms with Crippen LogP contribution in [0.3, 0.4) is 0 Å². The summed E-state index contributed by atoms with van der Waals surface area (Å²) in [6.07, 6.45) is 2.03. The highest BCUT2D eigenvalue weighted by Gasteiger charge is 2.27. The number of rotatable bonds is 4. The number of benzene rings is 1. The minimum atomic E-state index is -1.06. The van der Waals surface area contributed by atoms with Crippen LogP contribution in [0.5, 0.6) is 0 Å². The second-order valence-electron chi connectivity index (χ2n) is 4.97. The molecule has 0 radical (unpaired) electrons. The third-order valence-electron chi connectivity index (χ3n) is 3.40. The number of aromatic carboxylic acids is 1. The van der Waals surface area contributed by atoms with E-state index >= 15 is 0 Å². The van der Waals surface area contributed by atoms with E-state index in [0.717, 1.165) is 12.8 Å². The van der Waals surface area contributed by atoms with E-state index in [0.29, 0.717) is 11.0 Å². The second-order valence-corrected chi connectivity index (χ2v) is 4.97. The van der Waals surface area contributed by atoms with Gasteiger partial charge in [-0.1, -0.05) is 11.3 Å². The molecule has 1 aliphatic carbocycles. The standard InChI is InChI=1S/C13H14N4O3/c1-7(12(18)14-8-5-6-8)17-10-4-2-3-9(13(19)20)11(10)15-16-17/h2-4,7-8H,5-6H2,1H3,(H,14,18)(H,19,20). The van der Waals surface area contributed by atoms with Crippen molar-refractivity contribution in [2.75, 3.05) is 0 Å². The van der Waals surface area contributed by atoms with Crippen LogP contribution >= 0.6 is 0 Å². The second kappa shape index (κ2) is 4.59. The lowest BCUT2D eigenvalue weighted by atomic mass is 10.2. The van der Waals surface area contributed by atoms with Crippen LogP contribution in [0.15, 0.2) is 18.2 Å². The van der Waals surface area contributed by atoms with Crippen molar-refractivity contribution in [1.29, 1.82) is 0 Å². The number of hydrogen-bond acceptors (Lipinski definition) is 4. The molecule has 7 heteroatoms. The summed E-state index contributed by atoms with van der Waals surface area (Å²) in [7, 11) is 0. The summed E-state index contributed by atoms with van der Waals surface area (Å²) in [5.41, 5.74) is 0.929. The molecule has 2 N–H and O–H groups in total. The number of amides is 1. The lowest BCUT2D eigenvalue weighted by Gasteiger charge is -2.12. The Hall–Kier alpha value is -2.44. The van der Waals surface area contributed by atoms with Crippen molar-refractivity contribution in [1.82, 2.24) is 20.3 Å². The molecule has 0 bridgehead atoms. The predicted molar refractivity (Wildman–Crippen MR) is 70.4 cm³/mol. The highest BCUT2D eigenvalue weighted by Crippen LogP contribution is 2.22. The minimum absolute atomic E-state index is 0.0866. The number of carboxylic acid groups (broad SMARTS) is 1. The lowest BCUT2D eigenvalue weighted by molar-refractivity contribution is -0.124. The molecule has 3 rings (SSSR count). The Labute approximate surface area is 114 Å². The molecule has 1 unspecified atom stereocenters. The zero-order valence-corrected chi connectivity index (χ0v) is 10.9. The smallest absolute Gasteiger partial charge is 0.338 e. The monoisotopic (exact) mass is 274 g/mol. The van der Waals surface area contributed by atoms with Crippen LogP contribution < -0.4 is 5.32 Å². The summed E-state index contributed by atoms with van der Waals surface area (Å²) in [5, 5.41) is 19.8. The van der Waals surface area contributed by atoms with Crippen molar-refractivity contribution >= 4 is 22.9 Å². The summed E-state index contributed by atoms with van der Waals surface area (Å²) in [5.74, 6) is -1.18. The molecule has 7 nitrogen and oxygen atoms in total. The van der Waals surface area contributed by atoms with E-state index in [2.05, 4.69) is 15.6 Å². The van der Waals surface area contributed by atoms with E-state index in [4.69, 9.17) is 5.11 Å². The van der Waals surface area contributed by atoms with Gasteiger partial charge in [0.2, 0.25) is 5.91 Å². The van der Waals surface area contributed by atoms with Gasteiger partial charge in [-0.05, 0) is 31.9 Å². The molecule has 1 atom stereocenters. The van der Waals surface area contributed by atoms with E-state index in [9.17, 15) is 9.59 Å². The Kier molecular flexibility index (Phi) is 2.89. The summed E-state index contributed by atoms with van der Waals surface area (Å²) in [6.45, 7) is 1.72. The van der Waals surface area contributed by atoms with Gasteiger partial charge in [0, 0.05) is 6.04 Å². The van der Waals surface area contributed by atoms with Crippen LogP contribution in [0.4, 0.5) is 0 Å². The summed E-state index contributed by atoms with van der Waals surface area (Å²) >= 11 is 0. The number of hydrogen-bond donors (Lipinski definition) is 2. The van der Waals surface area contributed by atoms with Gasteiger partial charge in [0.25, 0.3) is 0 Å². The van der Waals surface area contributed by atoms with Gasteiger partial charge < -0.3 is 10.4 Å². The van der Waals surface area contributed by atoms with Crippen molar-refractivity contribution in [2.24, 2.45) is 0 Å². The third-order valence-corrected chi connectivity index (χ3v) is 3.40.